The van der Waals surface area contributed by atoms with Crippen molar-refractivity contribution in [3.8, 4) is 11.3 Å². The highest BCUT2D eigenvalue weighted by Crippen LogP contribution is 2.41. The maximum Gasteiger partial charge on any atom is 0.229 e. The second-order valence-corrected chi connectivity index (χ2v) is 9.67. The normalized spacial score (nSPS) is 17.1. The first-order valence-electron chi connectivity index (χ1n) is 12.0. The maximum absolute atomic E-state index is 13.6. The number of benzene rings is 1. The molecule has 2 N–H and O–H groups in total. The maximum atomic E-state index is 13.6. The summed E-state index contributed by atoms with van der Waals surface area (Å²) in [5, 5.41) is 2.73. The number of pyridine rings is 1. The van der Waals surface area contributed by atoms with Crippen LogP contribution >= 0.6 is 0 Å². The number of aromatic amines is 1. The van der Waals surface area contributed by atoms with Crippen LogP contribution in [0.1, 0.15) is 60.8 Å². The second-order valence-electron chi connectivity index (χ2n) is 9.67. The number of aromatic nitrogens is 2. The number of anilines is 1. The van der Waals surface area contributed by atoms with Crippen molar-refractivity contribution in [2.75, 3.05) is 18.9 Å². The van der Waals surface area contributed by atoms with Crippen molar-refractivity contribution in [2.24, 2.45) is 5.41 Å². The Bertz CT molecular complexity index is 1260. The van der Waals surface area contributed by atoms with Gasteiger partial charge in [0, 0.05) is 62.8 Å². The number of amides is 2. The number of H-pyrrole nitrogens is 1. The molecule has 4 rings (SSSR count). The van der Waals surface area contributed by atoms with Crippen LogP contribution in [0.25, 0.3) is 11.3 Å². The molecule has 1 atom stereocenters. The number of nitrogens with one attached hydrogen (secondary N) is 2. The fourth-order valence-corrected chi connectivity index (χ4v) is 5.07. The van der Waals surface area contributed by atoms with E-state index < -0.39 is 5.41 Å². The molecule has 1 unspecified atom stereocenters. The summed E-state index contributed by atoms with van der Waals surface area (Å²) in [4.78, 5) is 47.9. The standard InChI is InChI=1S/C28H32N4O3/c1-5-13-32(4)27(35)28(3)16-22-25(23(34)17-28)21(14-19-9-7-6-8-10-19)26(31-22)20-11-12-29-24(15-20)30-18(2)33/h6-12,15,31H,5,13-14,16-17H2,1-4H3,(H,29,30,33). The molecule has 0 spiro atoms. The van der Waals surface area contributed by atoms with E-state index in [1.165, 1.54) is 6.92 Å². The highest BCUT2D eigenvalue weighted by atomic mass is 16.2. The van der Waals surface area contributed by atoms with E-state index in [4.69, 9.17) is 0 Å². The third-order valence-electron chi connectivity index (χ3n) is 6.58. The summed E-state index contributed by atoms with van der Waals surface area (Å²) >= 11 is 0. The number of hydrogen-bond donors (Lipinski definition) is 2. The summed E-state index contributed by atoms with van der Waals surface area (Å²) in [6, 6.07) is 13.7. The Hall–Kier alpha value is -3.74. The van der Waals surface area contributed by atoms with E-state index >= 15 is 0 Å². The summed E-state index contributed by atoms with van der Waals surface area (Å²) in [6.45, 7) is 6.02. The minimum atomic E-state index is -0.792. The molecule has 2 heterocycles. The van der Waals surface area contributed by atoms with Gasteiger partial charge in [0.15, 0.2) is 5.78 Å². The Morgan fingerprint density at radius 2 is 1.91 bits per heavy atom. The Kier molecular flexibility index (Phi) is 6.87. The van der Waals surface area contributed by atoms with E-state index in [1.54, 1.807) is 24.2 Å². The zero-order valence-corrected chi connectivity index (χ0v) is 20.8. The first-order chi connectivity index (χ1) is 16.7. The van der Waals surface area contributed by atoms with Gasteiger partial charge < -0.3 is 15.2 Å². The van der Waals surface area contributed by atoms with Gasteiger partial charge in [-0.15, -0.1) is 0 Å². The van der Waals surface area contributed by atoms with E-state index in [-0.39, 0.29) is 24.0 Å². The second kappa shape index (κ2) is 9.86. The van der Waals surface area contributed by atoms with Crippen LogP contribution in [0.2, 0.25) is 0 Å². The van der Waals surface area contributed by atoms with Crippen LogP contribution in [0, 0.1) is 5.41 Å². The zero-order chi connectivity index (χ0) is 25.2. The molecule has 1 aliphatic carbocycles. The quantitative estimate of drug-likeness (QED) is 0.524. The number of nitrogens with zero attached hydrogens (tertiary/aromatic N) is 2. The van der Waals surface area contributed by atoms with Gasteiger partial charge in [0.2, 0.25) is 11.8 Å². The van der Waals surface area contributed by atoms with Gasteiger partial charge in [-0.2, -0.15) is 0 Å². The number of ketones is 1. The molecule has 2 aromatic heterocycles. The van der Waals surface area contributed by atoms with Gasteiger partial charge in [-0.05, 0) is 36.6 Å². The van der Waals surface area contributed by atoms with Gasteiger partial charge in [-0.3, -0.25) is 14.4 Å². The predicted octanol–water partition coefficient (Wildman–Crippen LogP) is 4.63. The number of carbonyl (C=O) groups is 3. The van der Waals surface area contributed by atoms with Crippen LogP contribution in [0.15, 0.2) is 48.7 Å². The van der Waals surface area contributed by atoms with Crippen molar-refractivity contribution >= 4 is 23.4 Å². The molecule has 0 aliphatic heterocycles. The Labute approximate surface area is 206 Å². The number of rotatable bonds is 7. The molecule has 182 valence electrons. The lowest BCUT2D eigenvalue weighted by atomic mass is 9.72. The van der Waals surface area contributed by atoms with Crippen molar-refractivity contribution < 1.29 is 14.4 Å². The number of hydrogen-bond acceptors (Lipinski definition) is 4. The molecule has 7 heteroatoms. The largest absolute Gasteiger partial charge is 0.358 e. The number of fused-ring (bicyclic) bond motifs is 1. The molecule has 0 fully saturated rings. The molecule has 35 heavy (non-hydrogen) atoms. The van der Waals surface area contributed by atoms with E-state index in [9.17, 15) is 14.4 Å². The smallest absolute Gasteiger partial charge is 0.229 e. The Morgan fingerprint density at radius 1 is 1.17 bits per heavy atom. The van der Waals surface area contributed by atoms with Crippen molar-refractivity contribution in [3.05, 3.63) is 71.0 Å². The molecule has 7 nitrogen and oxygen atoms in total. The fourth-order valence-electron chi connectivity index (χ4n) is 5.07. The highest BCUT2D eigenvalue weighted by molar-refractivity contribution is 6.05. The van der Waals surface area contributed by atoms with Gasteiger partial charge in [0.25, 0.3) is 0 Å². The number of Topliss-reactive ketones (excluding diaryl/α,β-unsaturated/α-hetero) is 1. The van der Waals surface area contributed by atoms with Gasteiger partial charge in [-0.1, -0.05) is 37.3 Å². The molecule has 0 saturated heterocycles. The van der Waals surface area contributed by atoms with Crippen LogP contribution in [0.4, 0.5) is 5.82 Å². The van der Waals surface area contributed by atoms with Crippen LogP contribution in [-0.2, 0) is 22.4 Å². The average Bonchev–Trinajstić information content (AvgIpc) is 3.17. The van der Waals surface area contributed by atoms with Crippen LogP contribution in [0.5, 0.6) is 0 Å². The monoisotopic (exact) mass is 472 g/mol. The van der Waals surface area contributed by atoms with Gasteiger partial charge in [-0.25, -0.2) is 4.98 Å². The molecule has 0 bridgehead atoms. The number of carbonyl (C=O) groups excluding carboxylic acids is 3. The van der Waals surface area contributed by atoms with E-state index in [2.05, 4.69) is 15.3 Å². The lowest BCUT2D eigenvalue weighted by molar-refractivity contribution is -0.140. The van der Waals surface area contributed by atoms with Crippen molar-refractivity contribution in [1.29, 1.82) is 0 Å². The summed E-state index contributed by atoms with van der Waals surface area (Å²) in [6.07, 6.45) is 3.73. The molecule has 2 amide bonds. The molecular formula is C28H32N4O3. The fraction of sp³-hybridized carbons (Fsp3) is 0.357. The molecular weight excluding hydrogens is 440 g/mol. The Balaban J connectivity index is 1.81. The minimum Gasteiger partial charge on any atom is -0.358 e. The SMILES string of the molecule is CCCN(C)C(=O)C1(C)CC(=O)c2c([nH]c(-c3ccnc(NC(C)=O)c3)c2Cc2ccccc2)C1. The van der Waals surface area contributed by atoms with Crippen molar-refractivity contribution in [1.82, 2.24) is 14.9 Å². The van der Waals surface area contributed by atoms with Crippen molar-refractivity contribution in [3.63, 3.8) is 0 Å². The highest BCUT2D eigenvalue weighted by Gasteiger charge is 2.44. The lowest BCUT2D eigenvalue weighted by Crippen LogP contribution is -2.45. The lowest BCUT2D eigenvalue weighted by Gasteiger charge is -2.35. The van der Waals surface area contributed by atoms with Gasteiger partial charge >= 0.3 is 0 Å². The summed E-state index contributed by atoms with van der Waals surface area (Å²) in [5.41, 5.74) is 4.33. The summed E-state index contributed by atoms with van der Waals surface area (Å²) in [5.74, 6) is 0.221. The van der Waals surface area contributed by atoms with E-state index in [0.717, 1.165) is 34.5 Å². The van der Waals surface area contributed by atoms with E-state index in [1.807, 2.05) is 50.2 Å². The van der Waals surface area contributed by atoms with Gasteiger partial charge in [0.1, 0.15) is 5.82 Å². The van der Waals surface area contributed by atoms with Gasteiger partial charge in [0.05, 0.1) is 11.1 Å². The molecule has 1 aliphatic rings. The Morgan fingerprint density at radius 3 is 2.60 bits per heavy atom. The topological polar surface area (TPSA) is 95.2 Å². The first kappa shape index (κ1) is 24.4. The summed E-state index contributed by atoms with van der Waals surface area (Å²) in [7, 11) is 1.80. The van der Waals surface area contributed by atoms with Crippen LogP contribution in [-0.4, -0.2) is 46.1 Å². The third kappa shape index (κ3) is 5.04. The predicted molar refractivity (Wildman–Crippen MR) is 136 cm³/mol. The van der Waals surface area contributed by atoms with Crippen LogP contribution in [0.3, 0.4) is 0 Å². The molecule has 0 radical (unpaired) electrons. The first-order valence-corrected chi connectivity index (χ1v) is 12.0. The molecule has 1 aromatic carbocycles. The minimum absolute atomic E-state index is 0.00374. The van der Waals surface area contributed by atoms with Crippen LogP contribution < -0.4 is 5.32 Å². The zero-order valence-electron chi connectivity index (χ0n) is 20.8. The average molecular weight is 473 g/mol. The molecule has 0 saturated carbocycles. The molecule has 3 aromatic rings. The third-order valence-corrected chi connectivity index (χ3v) is 6.58. The van der Waals surface area contributed by atoms with E-state index in [0.29, 0.717) is 30.8 Å². The van der Waals surface area contributed by atoms with Crippen molar-refractivity contribution in [2.45, 2.75) is 46.5 Å². The summed E-state index contributed by atoms with van der Waals surface area (Å²) < 4.78 is 0.